The minimum Gasteiger partial charge on any atom is -0.466 e. The van der Waals surface area contributed by atoms with Crippen LogP contribution in [0.25, 0.3) is 11.3 Å². The van der Waals surface area contributed by atoms with Crippen LogP contribution < -0.4 is 0 Å². The van der Waals surface area contributed by atoms with E-state index in [1.165, 1.54) is 12.8 Å². The quantitative estimate of drug-likeness (QED) is 0.349. The van der Waals surface area contributed by atoms with Crippen molar-refractivity contribution >= 4 is 5.97 Å². The summed E-state index contributed by atoms with van der Waals surface area (Å²) in [5.74, 6) is 8.47. The van der Waals surface area contributed by atoms with Crippen molar-refractivity contribution < 1.29 is 19.2 Å². The Bertz CT molecular complexity index is 1270. The van der Waals surface area contributed by atoms with E-state index in [4.69, 9.17) is 9.26 Å². The largest absolute Gasteiger partial charge is 0.466 e. The number of hydrogen-bond acceptors (Lipinski definition) is 7. The molecule has 2 aromatic heterocycles. The lowest BCUT2D eigenvalue weighted by atomic mass is 9.58. The summed E-state index contributed by atoms with van der Waals surface area (Å²) in [4.78, 5) is 18.1. The van der Waals surface area contributed by atoms with Crippen molar-refractivity contribution in [2.45, 2.75) is 52.2 Å². The average Bonchev–Trinajstić information content (AvgIpc) is 3.49. The van der Waals surface area contributed by atoms with Gasteiger partial charge in [-0.1, -0.05) is 17.0 Å². The first-order valence-electron chi connectivity index (χ1n) is 13.1. The van der Waals surface area contributed by atoms with Gasteiger partial charge in [0.2, 0.25) is 0 Å². The Morgan fingerprint density at radius 1 is 1.30 bits per heavy atom. The van der Waals surface area contributed by atoms with Crippen LogP contribution in [0.15, 0.2) is 47.2 Å². The van der Waals surface area contributed by atoms with Crippen molar-refractivity contribution in [1.29, 1.82) is 0 Å². The summed E-state index contributed by atoms with van der Waals surface area (Å²) < 4.78 is 12.4. The summed E-state index contributed by atoms with van der Waals surface area (Å²) in [5.41, 5.74) is 3.17. The van der Waals surface area contributed by atoms with Gasteiger partial charge < -0.3 is 23.8 Å². The molecule has 8 nitrogen and oxygen atoms in total. The van der Waals surface area contributed by atoms with E-state index < -0.39 is 6.10 Å². The van der Waals surface area contributed by atoms with Gasteiger partial charge in [0.05, 0.1) is 13.2 Å². The number of carbonyl (C=O) groups excluding carboxylic acids is 1. The van der Waals surface area contributed by atoms with Crippen molar-refractivity contribution in [3.05, 3.63) is 59.8 Å². The standard InChI is InChI=1S/C29H34N4O4/c1-3-36-27(35)5-4-13-32-19-29(20-32)16-23(17-29)7-6-22-8-10-24(11-9-22)26-15-25(31-37-26)18-33-14-12-30-28(33)21(2)34/h8-12,14-15,21,23,34H,3-5,13,16-20H2,1-2H3/t21-/m0/s1. The number of aliphatic hydroxyl groups excluding tert-OH is 1. The number of aliphatic hydroxyl groups is 1. The van der Waals surface area contributed by atoms with E-state index in [9.17, 15) is 9.90 Å². The highest BCUT2D eigenvalue weighted by atomic mass is 16.5. The molecule has 1 spiro atoms. The maximum atomic E-state index is 11.5. The smallest absolute Gasteiger partial charge is 0.305 e. The molecule has 0 bridgehead atoms. The van der Waals surface area contributed by atoms with Gasteiger partial charge in [0.15, 0.2) is 5.76 Å². The van der Waals surface area contributed by atoms with E-state index in [0.29, 0.717) is 42.5 Å². The fraction of sp³-hybridized carbons (Fsp3) is 0.483. The zero-order chi connectivity index (χ0) is 25.8. The molecule has 1 aliphatic heterocycles. The molecular weight excluding hydrogens is 468 g/mol. The third kappa shape index (κ3) is 5.95. The molecule has 194 valence electrons. The first-order valence-corrected chi connectivity index (χ1v) is 13.1. The Morgan fingerprint density at radius 2 is 2.08 bits per heavy atom. The lowest BCUT2D eigenvalue weighted by Gasteiger charge is -2.58. The Morgan fingerprint density at radius 3 is 2.81 bits per heavy atom. The molecule has 37 heavy (non-hydrogen) atoms. The number of aromatic nitrogens is 3. The Kier molecular flexibility index (Phi) is 7.45. The number of ether oxygens (including phenoxy) is 1. The highest BCUT2D eigenvalue weighted by Gasteiger charge is 2.51. The van der Waals surface area contributed by atoms with Crippen LogP contribution in [0, 0.1) is 23.2 Å². The molecule has 1 saturated carbocycles. The van der Waals surface area contributed by atoms with Crippen LogP contribution in [0.4, 0.5) is 0 Å². The third-order valence-electron chi connectivity index (χ3n) is 7.24. The predicted octanol–water partition coefficient (Wildman–Crippen LogP) is 4.05. The Hall–Kier alpha value is -3.41. The monoisotopic (exact) mass is 502 g/mol. The maximum absolute atomic E-state index is 11.5. The summed E-state index contributed by atoms with van der Waals surface area (Å²) in [6.45, 7) is 7.72. The van der Waals surface area contributed by atoms with Crippen LogP contribution in [0.2, 0.25) is 0 Å². The van der Waals surface area contributed by atoms with E-state index in [0.717, 1.165) is 42.9 Å². The number of esters is 1. The van der Waals surface area contributed by atoms with E-state index >= 15 is 0 Å². The minimum atomic E-state index is -0.641. The van der Waals surface area contributed by atoms with Gasteiger partial charge in [0.25, 0.3) is 0 Å². The second-order valence-corrected chi connectivity index (χ2v) is 10.3. The number of hydrogen-bond donors (Lipinski definition) is 1. The second-order valence-electron chi connectivity index (χ2n) is 10.3. The van der Waals surface area contributed by atoms with Crippen LogP contribution in [0.5, 0.6) is 0 Å². The van der Waals surface area contributed by atoms with Gasteiger partial charge in [0.1, 0.15) is 17.6 Å². The highest BCUT2D eigenvalue weighted by molar-refractivity contribution is 5.69. The zero-order valence-corrected chi connectivity index (χ0v) is 21.5. The van der Waals surface area contributed by atoms with Crippen LogP contribution in [0.1, 0.15) is 62.7 Å². The Labute approximate surface area is 217 Å². The van der Waals surface area contributed by atoms with E-state index in [1.54, 1.807) is 13.1 Å². The second kappa shape index (κ2) is 10.9. The van der Waals surface area contributed by atoms with E-state index in [2.05, 4.69) is 26.9 Å². The number of likely N-dealkylation sites (tertiary alicyclic amines) is 1. The molecule has 2 aliphatic rings. The van der Waals surface area contributed by atoms with Crippen molar-refractivity contribution in [2.75, 3.05) is 26.2 Å². The predicted molar refractivity (Wildman–Crippen MR) is 138 cm³/mol. The molecule has 1 aromatic carbocycles. The number of nitrogens with zero attached hydrogens (tertiary/aromatic N) is 4. The molecule has 1 atom stereocenters. The van der Waals surface area contributed by atoms with Gasteiger partial charge in [0, 0.05) is 55.0 Å². The molecule has 2 fully saturated rings. The summed E-state index contributed by atoms with van der Waals surface area (Å²) in [7, 11) is 0. The van der Waals surface area contributed by atoms with E-state index in [1.807, 2.05) is 48.0 Å². The summed E-state index contributed by atoms with van der Waals surface area (Å²) in [5, 5.41) is 14.0. The molecule has 0 unspecified atom stereocenters. The minimum absolute atomic E-state index is 0.0898. The average molecular weight is 503 g/mol. The molecule has 0 amide bonds. The first-order chi connectivity index (χ1) is 17.9. The normalized spacial score (nSPS) is 17.5. The Balaban J connectivity index is 1.07. The number of benzene rings is 1. The molecule has 1 aliphatic carbocycles. The van der Waals surface area contributed by atoms with Crippen molar-refractivity contribution in [3.8, 4) is 23.2 Å². The fourth-order valence-electron chi connectivity index (χ4n) is 5.51. The molecule has 3 heterocycles. The summed E-state index contributed by atoms with van der Waals surface area (Å²) >= 11 is 0. The van der Waals surface area contributed by atoms with Crippen LogP contribution in [-0.4, -0.2) is 56.9 Å². The molecule has 3 aromatic rings. The number of carbonyl (C=O) groups is 1. The van der Waals surface area contributed by atoms with Crippen LogP contribution >= 0.6 is 0 Å². The zero-order valence-electron chi connectivity index (χ0n) is 21.5. The van der Waals surface area contributed by atoms with E-state index in [-0.39, 0.29) is 5.97 Å². The summed E-state index contributed by atoms with van der Waals surface area (Å²) in [6, 6.07) is 9.98. The van der Waals surface area contributed by atoms with Gasteiger partial charge in [-0.2, -0.15) is 0 Å². The highest BCUT2D eigenvalue weighted by Crippen LogP contribution is 2.51. The van der Waals surface area contributed by atoms with Gasteiger partial charge in [-0.15, -0.1) is 0 Å². The van der Waals surface area contributed by atoms with Gasteiger partial charge in [-0.05, 0) is 69.3 Å². The van der Waals surface area contributed by atoms with Crippen molar-refractivity contribution in [3.63, 3.8) is 0 Å². The van der Waals surface area contributed by atoms with Crippen molar-refractivity contribution in [2.24, 2.45) is 11.3 Å². The molecular formula is C29H34N4O4. The van der Waals surface area contributed by atoms with Gasteiger partial charge in [-0.25, -0.2) is 4.98 Å². The van der Waals surface area contributed by atoms with Crippen LogP contribution in [0.3, 0.4) is 0 Å². The lowest BCUT2D eigenvalue weighted by molar-refractivity contribution is -0.143. The molecule has 1 saturated heterocycles. The van der Waals surface area contributed by atoms with Crippen molar-refractivity contribution in [1.82, 2.24) is 19.6 Å². The topological polar surface area (TPSA) is 93.6 Å². The fourth-order valence-corrected chi connectivity index (χ4v) is 5.51. The molecule has 5 rings (SSSR count). The van der Waals surface area contributed by atoms with Crippen LogP contribution in [-0.2, 0) is 16.1 Å². The molecule has 8 heteroatoms. The van der Waals surface area contributed by atoms with Gasteiger partial charge in [-0.3, -0.25) is 4.79 Å². The SMILES string of the molecule is CCOC(=O)CCCN1CC2(CC(C#Cc3ccc(-c4cc(Cn5ccnc5[C@H](C)O)no4)cc3)C2)C1. The number of imidazole rings is 1. The molecule has 0 radical (unpaired) electrons. The lowest BCUT2D eigenvalue weighted by Crippen LogP contribution is -2.62. The summed E-state index contributed by atoms with van der Waals surface area (Å²) in [6.07, 6.45) is 6.57. The first kappa shape index (κ1) is 25.2. The third-order valence-corrected chi connectivity index (χ3v) is 7.24. The number of rotatable bonds is 9. The van der Waals surface area contributed by atoms with Gasteiger partial charge >= 0.3 is 5.97 Å². The molecule has 1 N–H and O–H groups in total. The maximum Gasteiger partial charge on any atom is 0.305 e.